The zero-order valence-corrected chi connectivity index (χ0v) is 12.6. The van der Waals surface area contributed by atoms with E-state index in [0.717, 1.165) is 6.42 Å². The minimum Gasteiger partial charge on any atom is -0.490 e. The molecule has 1 heterocycles. The molecule has 2 rings (SSSR count). The maximum absolute atomic E-state index is 8.72. The van der Waals surface area contributed by atoms with E-state index in [1.54, 1.807) is 29.5 Å². The number of thiophene rings is 1. The molecule has 0 fully saturated rings. The molecule has 0 aliphatic rings. The second kappa shape index (κ2) is 7.54. The highest BCUT2D eigenvalue weighted by Crippen LogP contribution is 2.28. The molecular weight excluding hydrogens is 288 g/mol. The van der Waals surface area contributed by atoms with Crippen LogP contribution in [0.3, 0.4) is 0 Å². The third-order valence-electron chi connectivity index (χ3n) is 2.83. The van der Waals surface area contributed by atoms with Crippen molar-refractivity contribution < 1.29 is 14.7 Å². The first-order chi connectivity index (χ1) is 10.2. The van der Waals surface area contributed by atoms with E-state index in [1.807, 2.05) is 18.4 Å². The Kier molecular flexibility index (Phi) is 5.45. The lowest BCUT2D eigenvalue weighted by atomic mass is 10.2. The van der Waals surface area contributed by atoms with Crippen molar-refractivity contribution in [2.45, 2.75) is 13.3 Å². The lowest BCUT2D eigenvalue weighted by molar-refractivity contribution is 0.279. The van der Waals surface area contributed by atoms with Gasteiger partial charge in [-0.25, -0.2) is 0 Å². The minimum absolute atomic E-state index is 0.0427. The summed E-state index contributed by atoms with van der Waals surface area (Å²) >= 11 is 1.71. The molecule has 0 bridgehead atoms. The van der Waals surface area contributed by atoms with Crippen LogP contribution in [0.15, 0.2) is 40.9 Å². The van der Waals surface area contributed by atoms with Crippen molar-refractivity contribution in [1.29, 1.82) is 0 Å². The molecule has 0 saturated heterocycles. The number of ether oxygens (including phenoxy) is 2. The number of oxime groups is 1. The van der Waals surface area contributed by atoms with Crippen LogP contribution >= 0.6 is 11.3 Å². The van der Waals surface area contributed by atoms with Crippen LogP contribution < -0.4 is 15.2 Å². The van der Waals surface area contributed by atoms with Crippen LogP contribution in [0.4, 0.5) is 0 Å². The van der Waals surface area contributed by atoms with Gasteiger partial charge in [-0.15, -0.1) is 11.3 Å². The topological polar surface area (TPSA) is 77.1 Å². The Morgan fingerprint density at radius 3 is 2.81 bits per heavy atom. The highest BCUT2D eigenvalue weighted by atomic mass is 32.1. The molecule has 1 aromatic heterocycles. The van der Waals surface area contributed by atoms with Crippen LogP contribution in [0, 0.1) is 0 Å². The molecule has 1 aromatic carbocycles. The van der Waals surface area contributed by atoms with E-state index < -0.39 is 0 Å². The number of amidine groups is 1. The lowest BCUT2D eigenvalue weighted by Crippen LogP contribution is -2.13. The van der Waals surface area contributed by atoms with Gasteiger partial charge in [-0.1, -0.05) is 11.2 Å². The predicted molar refractivity (Wildman–Crippen MR) is 83.6 cm³/mol. The normalized spacial score (nSPS) is 11.4. The Balaban J connectivity index is 2.06. The Morgan fingerprint density at radius 2 is 2.14 bits per heavy atom. The zero-order valence-electron chi connectivity index (χ0n) is 11.8. The Morgan fingerprint density at radius 1 is 1.29 bits per heavy atom. The summed E-state index contributed by atoms with van der Waals surface area (Å²) in [5.41, 5.74) is 6.17. The molecule has 112 valence electrons. The summed E-state index contributed by atoms with van der Waals surface area (Å²) in [5.74, 6) is 1.29. The van der Waals surface area contributed by atoms with Crippen LogP contribution in [0.5, 0.6) is 11.5 Å². The summed E-state index contributed by atoms with van der Waals surface area (Å²) in [6.07, 6.45) is 0.852. The summed E-state index contributed by atoms with van der Waals surface area (Å²) < 4.78 is 11.3. The molecule has 0 unspecified atom stereocenters. The maximum Gasteiger partial charge on any atom is 0.170 e. The summed E-state index contributed by atoms with van der Waals surface area (Å²) in [5, 5.41) is 13.8. The molecule has 0 radical (unpaired) electrons. The van der Waals surface area contributed by atoms with Crippen molar-refractivity contribution in [2.75, 3.05) is 13.2 Å². The Labute approximate surface area is 127 Å². The van der Waals surface area contributed by atoms with Gasteiger partial charge in [0.25, 0.3) is 0 Å². The van der Waals surface area contributed by atoms with Gasteiger partial charge in [0.15, 0.2) is 17.3 Å². The second-order valence-corrected chi connectivity index (χ2v) is 5.29. The fraction of sp³-hybridized carbons (Fsp3) is 0.267. The van der Waals surface area contributed by atoms with Crippen LogP contribution in [0.25, 0.3) is 0 Å². The van der Waals surface area contributed by atoms with E-state index >= 15 is 0 Å². The van der Waals surface area contributed by atoms with Gasteiger partial charge in [0.05, 0.1) is 13.2 Å². The molecule has 0 amide bonds. The van der Waals surface area contributed by atoms with Crippen molar-refractivity contribution in [3.63, 3.8) is 0 Å². The maximum atomic E-state index is 8.72. The highest BCUT2D eigenvalue weighted by Gasteiger charge is 2.09. The molecule has 0 aliphatic heterocycles. The fourth-order valence-corrected chi connectivity index (χ4v) is 2.52. The van der Waals surface area contributed by atoms with Gasteiger partial charge in [0.1, 0.15) is 0 Å². The van der Waals surface area contributed by atoms with E-state index in [4.69, 9.17) is 20.4 Å². The van der Waals surface area contributed by atoms with Gasteiger partial charge >= 0.3 is 0 Å². The Hall–Kier alpha value is -2.21. The molecule has 0 spiro atoms. The number of hydrogen-bond donors (Lipinski definition) is 2. The second-order valence-electron chi connectivity index (χ2n) is 4.26. The van der Waals surface area contributed by atoms with Gasteiger partial charge in [0, 0.05) is 16.9 Å². The van der Waals surface area contributed by atoms with Crippen LogP contribution in [-0.4, -0.2) is 24.3 Å². The van der Waals surface area contributed by atoms with Crippen LogP contribution in [0.1, 0.15) is 17.4 Å². The van der Waals surface area contributed by atoms with Gasteiger partial charge in [-0.05, 0) is 36.6 Å². The third kappa shape index (κ3) is 4.13. The number of nitrogens with zero attached hydrogens (tertiary/aromatic N) is 1. The average molecular weight is 306 g/mol. The van der Waals surface area contributed by atoms with Gasteiger partial charge in [-0.2, -0.15) is 0 Å². The monoisotopic (exact) mass is 306 g/mol. The van der Waals surface area contributed by atoms with Gasteiger partial charge in [0.2, 0.25) is 0 Å². The quantitative estimate of drug-likeness (QED) is 0.357. The van der Waals surface area contributed by atoms with E-state index in [-0.39, 0.29) is 5.84 Å². The summed E-state index contributed by atoms with van der Waals surface area (Å²) in [7, 11) is 0. The Bertz CT molecular complexity index is 597. The van der Waals surface area contributed by atoms with E-state index in [9.17, 15) is 0 Å². The molecule has 0 atom stereocenters. The number of rotatable bonds is 7. The minimum atomic E-state index is 0.0427. The standard InChI is InChI=1S/C15H18N2O3S/c1-2-19-14-10-11(15(16)17-18)5-6-13(14)20-8-7-12-4-3-9-21-12/h3-6,9-10,18H,2,7-8H2,1H3,(H2,16,17). The SMILES string of the molecule is CCOc1cc(C(N)=NO)ccc1OCCc1cccs1. The van der Waals surface area contributed by atoms with E-state index in [1.165, 1.54) is 4.88 Å². The van der Waals surface area contributed by atoms with Crippen molar-refractivity contribution in [3.8, 4) is 11.5 Å². The molecule has 3 N–H and O–H groups in total. The summed E-state index contributed by atoms with van der Waals surface area (Å²) in [4.78, 5) is 1.28. The number of hydrogen-bond acceptors (Lipinski definition) is 5. The summed E-state index contributed by atoms with van der Waals surface area (Å²) in [6, 6.07) is 9.32. The lowest BCUT2D eigenvalue weighted by Gasteiger charge is -2.13. The largest absolute Gasteiger partial charge is 0.490 e. The predicted octanol–water partition coefficient (Wildman–Crippen LogP) is 2.86. The van der Waals surface area contributed by atoms with Crippen molar-refractivity contribution in [3.05, 3.63) is 46.2 Å². The molecule has 2 aromatic rings. The third-order valence-corrected chi connectivity index (χ3v) is 3.77. The fourth-order valence-electron chi connectivity index (χ4n) is 1.83. The number of benzene rings is 1. The van der Waals surface area contributed by atoms with E-state index in [0.29, 0.717) is 30.3 Å². The molecule has 5 nitrogen and oxygen atoms in total. The molecule has 0 aliphatic carbocycles. The average Bonchev–Trinajstić information content (AvgIpc) is 3.01. The smallest absolute Gasteiger partial charge is 0.170 e. The molecule has 0 saturated carbocycles. The van der Waals surface area contributed by atoms with Crippen molar-refractivity contribution in [2.24, 2.45) is 10.9 Å². The zero-order chi connectivity index (χ0) is 15.1. The number of nitrogens with two attached hydrogens (primary N) is 1. The first kappa shape index (κ1) is 15.2. The van der Waals surface area contributed by atoms with Gasteiger partial charge in [-0.3, -0.25) is 0 Å². The molecular formula is C15H18N2O3S. The molecule has 6 heteroatoms. The van der Waals surface area contributed by atoms with Crippen LogP contribution in [0.2, 0.25) is 0 Å². The van der Waals surface area contributed by atoms with Crippen molar-refractivity contribution >= 4 is 17.2 Å². The highest BCUT2D eigenvalue weighted by molar-refractivity contribution is 7.09. The van der Waals surface area contributed by atoms with Crippen LogP contribution in [-0.2, 0) is 6.42 Å². The first-order valence-corrected chi connectivity index (χ1v) is 7.52. The van der Waals surface area contributed by atoms with Crippen molar-refractivity contribution in [1.82, 2.24) is 0 Å². The molecule has 21 heavy (non-hydrogen) atoms. The van der Waals surface area contributed by atoms with Gasteiger partial charge < -0.3 is 20.4 Å². The van der Waals surface area contributed by atoms with E-state index in [2.05, 4.69) is 11.2 Å². The summed E-state index contributed by atoms with van der Waals surface area (Å²) in [6.45, 7) is 2.98. The first-order valence-electron chi connectivity index (χ1n) is 6.64.